The van der Waals surface area contributed by atoms with E-state index in [1.165, 1.54) is 6.07 Å². The first-order valence-corrected chi connectivity index (χ1v) is 9.59. The second-order valence-corrected chi connectivity index (χ2v) is 8.04. The van der Waals surface area contributed by atoms with Gasteiger partial charge in [0.15, 0.2) is 11.6 Å². The summed E-state index contributed by atoms with van der Waals surface area (Å²) in [6, 6.07) is 2.92. The monoisotopic (exact) mass is 362 g/mol. The summed E-state index contributed by atoms with van der Waals surface area (Å²) in [4.78, 5) is 11.8. The Hall–Kier alpha value is -1.70. The highest BCUT2D eigenvalue weighted by Crippen LogP contribution is 2.21. The molecule has 0 aliphatic carbocycles. The highest BCUT2D eigenvalue weighted by Gasteiger charge is 2.19. The van der Waals surface area contributed by atoms with Gasteiger partial charge in [0.05, 0.1) is 11.9 Å². The number of amides is 1. The minimum atomic E-state index is -3.67. The van der Waals surface area contributed by atoms with Crippen LogP contribution in [0.15, 0.2) is 18.2 Å². The molecule has 0 aromatic heterocycles. The summed E-state index contributed by atoms with van der Waals surface area (Å²) in [5.41, 5.74) is 0.0346. The van der Waals surface area contributed by atoms with Crippen LogP contribution >= 0.6 is 0 Å². The van der Waals surface area contributed by atoms with Crippen LogP contribution in [0.1, 0.15) is 33.6 Å². The van der Waals surface area contributed by atoms with Gasteiger partial charge in [-0.3, -0.25) is 9.10 Å². The second-order valence-electron chi connectivity index (χ2n) is 6.14. The first kappa shape index (κ1) is 20.3. The Kier molecular flexibility index (Phi) is 7.13. The Labute approximate surface area is 142 Å². The van der Waals surface area contributed by atoms with Crippen molar-refractivity contribution in [2.75, 3.05) is 17.1 Å². The van der Waals surface area contributed by atoms with Crippen LogP contribution in [-0.2, 0) is 14.8 Å². The van der Waals surface area contributed by atoms with E-state index < -0.39 is 21.7 Å². The lowest BCUT2D eigenvalue weighted by atomic mass is 10.1. The highest BCUT2D eigenvalue weighted by molar-refractivity contribution is 7.92. The number of sulfonamides is 1. The van der Waals surface area contributed by atoms with Crippen molar-refractivity contribution in [2.45, 2.75) is 39.7 Å². The van der Waals surface area contributed by atoms with Gasteiger partial charge in [-0.2, -0.15) is 0 Å². The van der Waals surface area contributed by atoms with Crippen molar-refractivity contribution in [3.63, 3.8) is 0 Å². The first-order valence-electron chi connectivity index (χ1n) is 7.74. The SMILES string of the molecule is CC(C)C(C)NC(=O)CCCN(c1ccc(F)c(F)c1)S(C)(=O)=O. The molecule has 0 aliphatic rings. The van der Waals surface area contributed by atoms with E-state index in [9.17, 15) is 22.0 Å². The van der Waals surface area contributed by atoms with E-state index in [-0.39, 0.29) is 37.0 Å². The zero-order chi connectivity index (χ0) is 18.5. The fourth-order valence-electron chi connectivity index (χ4n) is 2.00. The molecule has 0 fully saturated rings. The van der Waals surface area contributed by atoms with E-state index in [0.29, 0.717) is 5.92 Å². The molecule has 8 heteroatoms. The van der Waals surface area contributed by atoms with Crippen LogP contribution < -0.4 is 9.62 Å². The number of hydrogen-bond donors (Lipinski definition) is 1. The molecule has 1 rings (SSSR count). The average molecular weight is 362 g/mol. The van der Waals surface area contributed by atoms with Crippen LogP contribution in [0, 0.1) is 17.6 Å². The van der Waals surface area contributed by atoms with Gasteiger partial charge in [-0.15, -0.1) is 0 Å². The zero-order valence-corrected chi connectivity index (χ0v) is 15.2. The molecule has 1 aromatic carbocycles. The maximum atomic E-state index is 13.3. The molecular formula is C16H24F2N2O3S. The largest absolute Gasteiger partial charge is 0.353 e. The molecule has 24 heavy (non-hydrogen) atoms. The Morgan fingerprint density at radius 1 is 1.21 bits per heavy atom. The summed E-state index contributed by atoms with van der Waals surface area (Å²) in [6.07, 6.45) is 1.39. The molecule has 136 valence electrons. The van der Waals surface area contributed by atoms with Crippen molar-refractivity contribution in [1.82, 2.24) is 5.32 Å². The lowest BCUT2D eigenvalue weighted by molar-refractivity contribution is -0.122. The molecular weight excluding hydrogens is 338 g/mol. The van der Waals surface area contributed by atoms with E-state index in [4.69, 9.17) is 0 Å². The Bertz CT molecular complexity index is 678. The molecule has 0 bridgehead atoms. The molecule has 1 atom stereocenters. The average Bonchev–Trinajstić information content (AvgIpc) is 2.45. The third kappa shape index (κ3) is 6.07. The number of anilines is 1. The first-order chi connectivity index (χ1) is 11.0. The van der Waals surface area contributed by atoms with E-state index in [0.717, 1.165) is 22.7 Å². The minimum Gasteiger partial charge on any atom is -0.353 e. The summed E-state index contributed by atoms with van der Waals surface area (Å²) >= 11 is 0. The summed E-state index contributed by atoms with van der Waals surface area (Å²) in [7, 11) is -3.67. The maximum Gasteiger partial charge on any atom is 0.232 e. The van der Waals surface area contributed by atoms with Gasteiger partial charge in [0.1, 0.15) is 0 Å². The number of nitrogens with one attached hydrogen (secondary N) is 1. The number of nitrogens with zero attached hydrogens (tertiary/aromatic N) is 1. The Morgan fingerprint density at radius 2 is 1.83 bits per heavy atom. The molecule has 0 radical (unpaired) electrons. The third-order valence-electron chi connectivity index (χ3n) is 3.75. The van der Waals surface area contributed by atoms with Crippen LogP contribution in [0.2, 0.25) is 0 Å². The molecule has 1 N–H and O–H groups in total. The lowest BCUT2D eigenvalue weighted by Gasteiger charge is -2.23. The van der Waals surface area contributed by atoms with E-state index >= 15 is 0 Å². The summed E-state index contributed by atoms with van der Waals surface area (Å²) < 4.78 is 51.1. The molecule has 1 aromatic rings. The smallest absolute Gasteiger partial charge is 0.232 e. The number of halogens is 2. The van der Waals surface area contributed by atoms with E-state index in [1.54, 1.807) is 0 Å². The van der Waals surface area contributed by atoms with Crippen molar-refractivity contribution >= 4 is 21.6 Å². The lowest BCUT2D eigenvalue weighted by Crippen LogP contribution is -2.37. The topological polar surface area (TPSA) is 66.5 Å². The third-order valence-corrected chi connectivity index (χ3v) is 4.94. The van der Waals surface area contributed by atoms with Crippen LogP contribution in [0.4, 0.5) is 14.5 Å². The van der Waals surface area contributed by atoms with Crippen molar-refractivity contribution in [3.8, 4) is 0 Å². The van der Waals surface area contributed by atoms with Crippen LogP contribution in [0.25, 0.3) is 0 Å². The molecule has 1 amide bonds. The van der Waals surface area contributed by atoms with Crippen LogP contribution in [-0.4, -0.2) is 33.2 Å². The van der Waals surface area contributed by atoms with Gasteiger partial charge in [-0.05, 0) is 31.4 Å². The standard InChI is InChI=1S/C16H24F2N2O3S/c1-11(2)12(3)19-16(21)6-5-9-20(24(4,22)23)13-7-8-14(17)15(18)10-13/h7-8,10-12H,5-6,9H2,1-4H3,(H,19,21). The summed E-state index contributed by atoms with van der Waals surface area (Å²) in [6.45, 7) is 5.87. The number of carbonyl (C=O) groups is 1. The van der Waals surface area contributed by atoms with E-state index in [2.05, 4.69) is 5.32 Å². The van der Waals surface area contributed by atoms with Gasteiger partial charge < -0.3 is 5.32 Å². The summed E-state index contributed by atoms with van der Waals surface area (Å²) in [5.74, 6) is -2.04. The van der Waals surface area contributed by atoms with Gasteiger partial charge in [-0.25, -0.2) is 17.2 Å². The highest BCUT2D eigenvalue weighted by atomic mass is 32.2. The number of hydrogen-bond acceptors (Lipinski definition) is 3. The Morgan fingerprint density at radius 3 is 2.33 bits per heavy atom. The van der Waals surface area contributed by atoms with Crippen molar-refractivity contribution in [2.24, 2.45) is 5.92 Å². The molecule has 0 saturated heterocycles. The molecule has 0 spiro atoms. The predicted molar refractivity (Wildman–Crippen MR) is 90.2 cm³/mol. The van der Waals surface area contributed by atoms with Crippen LogP contribution in [0.3, 0.4) is 0 Å². The van der Waals surface area contributed by atoms with Gasteiger partial charge in [-0.1, -0.05) is 13.8 Å². The fourth-order valence-corrected chi connectivity index (χ4v) is 2.96. The Balaban J connectivity index is 2.72. The molecule has 0 aliphatic heterocycles. The van der Waals surface area contributed by atoms with Gasteiger partial charge >= 0.3 is 0 Å². The minimum absolute atomic E-state index is 0.00733. The van der Waals surface area contributed by atoms with Crippen LogP contribution in [0.5, 0.6) is 0 Å². The second kappa shape index (κ2) is 8.41. The molecule has 0 saturated carbocycles. The molecule has 1 unspecified atom stereocenters. The normalized spacial score (nSPS) is 13.0. The van der Waals surface area contributed by atoms with Crippen molar-refractivity contribution in [1.29, 1.82) is 0 Å². The quantitative estimate of drug-likeness (QED) is 0.773. The van der Waals surface area contributed by atoms with Crippen molar-refractivity contribution < 1.29 is 22.0 Å². The molecule has 0 heterocycles. The predicted octanol–water partition coefficient (Wildman–Crippen LogP) is 2.67. The van der Waals surface area contributed by atoms with Gasteiger partial charge in [0, 0.05) is 25.1 Å². The number of benzene rings is 1. The van der Waals surface area contributed by atoms with Gasteiger partial charge in [0.25, 0.3) is 0 Å². The summed E-state index contributed by atoms with van der Waals surface area (Å²) in [5, 5.41) is 2.83. The fraction of sp³-hybridized carbons (Fsp3) is 0.562. The zero-order valence-electron chi connectivity index (χ0n) is 14.3. The van der Waals surface area contributed by atoms with Crippen molar-refractivity contribution in [3.05, 3.63) is 29.8 Å². The number of carbonyl (C=O) groups excluding carboxylic acids is 1. The van der Waals surface area contributed by atoms with Gasteiger partial charge in [0.2, 0.25) is 15.9 Å². The molecule has 5 nitrogen and oxygen atoms in total. The maximum absolute atomic E-state index is 13.3. The van der Waals surface area contributed by atoms with E-state index in [1.807, 2.05) is 20.8 Å². The number of rotatable bonds is 8.